The van der Waals surface area contributed by atoms with E-state index in [2.05, 4.69) is 6.58 Å². The van der Waals surface area contributed by atoms with Crippen LogP contribution in [0.4, 0.5) is 0 Å². The highest BCUT2D eigenvalue weighted by Crippen LogP contribution is 2.12. The van der Waals surface area contributed by atoms with Crippen LogP contribution in [-0.2, 0) is 0 Å². The van der Waals surface area contributed by atoms with Crippen LogP contribution in [0.5, 0.6) is 5.75 Å². The lowest BCUT2D eigenvalue weighted by atomic mass is 10.1. The number of aliphatic hydroxyl groups is 1. The molecule has 0 radical (unpaired) electrons. The highest BCUT2D eigenvalue weighted by molar-refractivity contribution is 5.96. The smallest absolute Gasteiger partial charge is 0.188 e. The van der Waals surface area contributed by atoms with Crippen LogP contribution in [0.1, 0.15) is 10.4 Å². The number of rotatable bonds is 5. The molecule has 0 fully saturated rings. The third-order valence-electron chi connectivity index (χ3n) is 1.69. The molecule has 0 atom stereocenters. The number of benzene rings is 1. The third kappa shape index (κ3) is 2.71. The molecular formula is C11H12O3. The molecule has 14 heavy (non-hydrogen) atoms. The Hall–Kier alpha value is -1.61. The van der Waals surface area contributed by atoms with Crippen LogP contribution >= 0.6 is 0 Å². The van der Waals surface area contributed by atoms with E-state index in [1.165, 1.54) is 0 Å². The Bertz CT molecular complexity index is 314. The van der Waals surface area contributed by atoms with Crippen LogP contribution in [0.2, 0.25) is 0 Å². The fraction of sp³-hybridized carbons (Fsp3) is 0.182. The SMILES string of the molecule is C=CCOc1ccc(C(=O)CO)cc1. The average molecular weight is 192 g/mol. The molecule has 0 aromatic heterocycles. The van der Waals surface area contributed by atoms with Gasteiger partial charge in [-0.15, -0.1) is 0 Å². The summed E-state index contributed by atoms with van der Waals surface area (Å²) in [6.45, 7) is 3.49. The summed E-state index contributed by atoms with van der Waals surface area (Å²) in [5.74, 6) is 0.389. The lowest BCUT2D eigenvalue weighted by Crippen LogP contribution is -2.03. The van der Waals surface area contributed by atoms with Gasteiger partial charge in [0, 0.05) is 5.56 Å². The third-order valence-corrected chi connectivity index (χ3v) is 1.69. The summed E-state index contributed by atoms with van der Waals surface area (Å²) in [4.78, 5) is 11.0. The van der Waals surface area contributed by atoms with Gasteiger partial charge >= 0.3 is 0 Å². The molecule has 1 aromatic rings. The zero-order valence-corrected chi connectivity index (χ0v) is 7.77. The number of carbonyl (C=O) groups is 1. The van der Waals surface area contributed by atoms with Crippen molar-refractivity contribution in [2.24, 2.45) is 0 Å². The van der Waals surface area contributed by atoms with Crippen LogP contribution in [0.25, 0.3) is 0 Å². The molecule has 74 valence electrons. The first-order valence-corrected chi connectivity index (χ1v) is 4.25. The number of aliphatic hydroxyl groups excluding tert-OH is 1. The van der Waals surface area contributed by atoms with Gasteiger partial charge in [-0.2, -0.15) is 0 Å². The highest BCUT2D eigenvalue weighted by atomic mass is 16.5. The van der Waals surface area contributed by atoms with Gasteiger partial charge in [0.15, 0.2) is 5.78 Å². The van der Waals surface area contributed by atoms with E-state index in [-0.39, 0.29) is 5.78 Å². The first kappa shape index (κ1) is 10.5. The van der Waals surface area contributed by atoms with E-state index in [0.717, 1.165) is 0 Å². The van der Waals surface area contributed by atoms with Crippen molar-refractivity contribution in [2.75, 3.05) is 13.2 Å². The van der Waals surface area contributed by atoms with Gasteiger partial charge in [0.25, 0.3) is 0 Å². The van der Waals surface area contributed by atoms with Gasteiger partial charge in [0.05, 0.1) is 0 Å². The maximum absolute atomic E-state index is 11.0. The van der Waals surface area contributed by atoms with Crippen LogP contribution in [-0.4, -0.2) is 24.1 Å². The van der Waals surface area contributed by atoms with Crippen molar-refractivity contribution in [3.8, 4) is 5.75 Å². The minimum atomic E-state index is -0.465. The number of Topliss-reactive ketones (excluding diaryl/α,β-unsaturated/α-hetero) is 1. The molecule has 0 aliphatic rings. The summed E-state index contributed by atoms with van der Waals surface area (Å²) in [7, 11) is 0. The van der Waals surface area contributed by atoms with E-state index in [9.17, 15) is 4.79 Å². The van der Waals surface area contributed by atoms with E-state index in [4.69, 9.17) is 9.84 Å². The van der Waals surface area contributed by atoms with Gasteiger partial charge in [0.2, 0.25) is 0 Å². The number of hydrogen-bond donors (Lipinski definition) is 1. The Morgan fingerprint density at radius 3 is 2.57 bits per heavy atom. The molecule has 1 rings (SSSR count). The van der Waals surface area contributed by atoms with Crippen LogP contribution in [0.3, 0.4) is 0 Å². The van der Waals surface area contributed by atoms with Crippen molar-refractivity contribution >= 4 is 5.78 Å². The first-order chi connectivity index (χ1) is 6.77. The van der Waals surface area contributed by atoms with Gasteiger partial charge in [-0.05, 0) is 24.3 Å². The second kappa shape index (κ2) is 5.19. The second-order valence-corrected chi connectivity index (χ2v) is 2.71. The summed E-state index contributed by atoms with van der Waals surface area (Å²) in [5, 5.41) is 8.60. The topological polar surface area (TPSA) is 46.5 Å². The molecular weight excluding hydrogens is 180 g/mol. The summed E-state index contributed by atoms with van der Waals surface area (Å²) >= 11 is 0. The van der Waals surface area contributed by atoms with Gasteiger partial charge in [-0.25, -0.2) is 0 Å². The lowest BCUT2D eigenvalue weighted by Gasteiger charge is -2.03. The van der Waals surface area contributed by atoms with Crippen molar-refractivity contribution in [2.45, 2.75) is 0 Å². The largest absolute Gasteiger partial charge is 0.490 e. The minimum absolute atomic E-state index is 0.291. The van der Waals surface area contributed by atoms with E-state index >= 15 is 0 Å². The normalized spacial score (nSPS) is 9.50. The summed E-state index contributed by atoms with van der Waals surface area (Å²) in [5.41, 5.74) is 0.485. The average Bonchev–Trinajstić information content (AvgIpc) is 2.26. The molecule has 0 spiro atoms. The molecule has 0 saturated heterocycles. The van der Waals surface area contributed by atoms with E-state index in [1.54, 1.807) is 30.3 Å². The lowest BCUT2D eigenvalue weighted by molar-refractivity contribution is 0.0903. The summed E-state index contributed by atoms with van der Waals surface area (Å²) < 4.78 is 5.23. The quantitative estimate of drug-likeness (QED) is 0.567. The van der Waals surface area contributed by atoms with Crippen LogP contribution in [0.15, 0.2) is 36.9 Å². The van der Waals surface area contributed by atoms with Crippen LogP contribution in [0, 0.1) is 0 Å². The Balaban J connectivity index is 2.68. The fourth-order valence-corrected chi connectivity index (χ4v) is 0.983. The van der Waals surface area contributed by atoms with Crippen molar-refractivity contribution < 1.29 is 14.6 Å². The monoisotopic (exact) mass is 192 g/mol. The number of ketones is 1. The Morgan fingerprint density at radius 2 is 2.07 bits per heavy atom. The van der Waals surface area contributed by atoms with Crippen molar-refractivity contribution in [3.63, 3.8) is 0 Å². The molecule has 3 nitrogen and oxygen atoms in total. The molecule has 1 N–H and O–H groups in total. The number of carbonyl (C=O) groups excluding carboxylic acids is 1. The number of hydrogen-bond acceptors (Lipinski definition) is 3. The Morgan fingerprint density at radius 1 is 1.43 bits per heavy atom. The zero-order chi connectivity index (χ0) is 10.4. The summed E-state index contributed by atoms with van der Waals surface area (Å²) in [6.07, 6.45) is 1.65. The maximum Gasteiger partial charge on any atom is 0.188 e. The summed E-state index contributed by atoms with van der Waals surface area (Å²) in [6, 6.07) is 6.62. The molecule has 0 amide bonds. The molecule has 0 bridgehead atoms. The molecule has 0 unspecified atom stereocenters. The fourth-order valence-electron chi connectivity index (χ4n) is 0.983. The Kier molecular flexibility index (Phi) is 3.88. The Labute approximate surface area is 82.6 Å². The van der Waals surface area contributed by atoms with Crippen molar-refractivity contribution in [1.82, 2.24) is 0 Å². The maximum atomic E-state index is 11.0. The number of ether oxygens (including phenoxy) is 1. The van der Waals surface area contributed by atoms with Gasteiger partial charge in [-0.3, -0.25) is 4.79 Å². The van der Waals surface area contributed by atoms with Gasteiger partial charge in [0.1, 0.15) is 19.0 Å². The molecule has 0 aliphatic carbocycles. The van der Waals surface area contributed by atoms with E-state index in [0.29, 0.717) is 17.9 Å². The minimum Gasteiger partial charge on any atom is -0.490 e. The van der Waals surface area contributed by atoms with Crippen LogP contribution < -0.4 is 4.74 Å². The zero-order valence-electron chi connectivity index (χ0n) is 7.77. The molecule has 0 saturated carbocycles. The highest BCUT2D eigenvalue weighted by Gasteiger charge is 2.02. The van der Waals surface area contributed by atoms with E-state index < -0.39 is 6.61 Å². The van der Waals surface area contributed by atoms with Gasteiger partial charge in [-0.1, -0.05) is 12.7 Å². The predicted octanol–water partition coefficient (Wildman–Crippen LogP) is 1.43. The van der Waals surface area contributed by atoms with Gasteiger partial charge < -0.3 is 9.84 Å². The predicted molar refractivity (Wildman–Crippen MR) is 53.6 cm³/mol. The molecule has 0 aliphatic heterocycles. The standard InChI is InChI=1S/C11H12O3/c1-2-7-14-10-5-3-9(4-6-10)11(13)8-12/h2-6,12H,1,7-8H2. The van der Waals surface area contributed by atoms with E-state index in [1.807, 2.05) is 0 Å². The molecule has 0 heterocycles. The molecule has 3 heteroatoms. The molecule has 1 aromatic carbocycles. The first-order valence-electron chi connectivity index (χ1n) is 4.25. The second-order valence-electron chi connectivity index (χ2n) is 2.71. The van der Waals surface area contributed by atoms with Crippen molar-refractivity contribution in [3.05, 3.63) is 42.5 Å². The van der Waals surface area contributed by atoms with Crippen molar-refractivity contribution in [1.29, 1.82) is 0 Å².